The van der Waals surface area contributed by atoms with Crippen molar-refractivity contribution in [1.29, 1.82) is 0 Å². The number of benzene rings is 1. The summed E-state index contributed by atoms with van der Waals surface area (Å²) in [5.41, 5.74) is 0. The summed E-state index contributed by atoms with van der Waals surface area (Å²) in [7, 11) is 0. The van der Waals surface area contributed by atoms with E-state index < -0.39 is 0 Å². The minimum absolute atomic E-state index is 0.0306. The maximum atomic E-state index is 12.2. The normalized spacial score (nSPS) is 20.2. The number of hydrogen-bond acceptors (Lipinski definition) is 5. The standard InChI is InChI=1S/C17H20N4O3/c22-17(18-10-15-19-16(20-24-15)12-6-7-12)21-9-8-14(11-21)23-13-4-2-1-3-5-13/h1-5,12,14H,6-11H2,(H,18,22)/t14-/m0/s1. The molecule has 2 aromatic rings. The van der Waals surface area contributed by atoms with Crippen molar-refractivity contribution in [2.24, 2.45) is 0 Å². The van der Waals surface area contributed by atoms with Gasteiger partial charge >= 0.3 is 6.03 Å². The lowest BCUT2D eigenvalue weighted by Crippen LogP contribution is -2.39. The number of ether oxygens (including phenoxy) is 1. The van der Waals surface area contributed by atoms with Gasteiger partial charge in [0.15, 0.2) is 5.82 Å². The molecule has 0 radical (unpaired) electrons. The average molecular weight is 328 g/mol. The van der Waals surface area contributed by atoms with Crippen LogP contribution in [0.5, 0.6) is 5.75 Å². The summed E-state index contributed by atoms with van der Waals surface area (Å²) in [5.74, 6) is 2.51. The van der Waals surface area contributed by atoms with Gasteiger partial charge in [0.25, 0.3) is 0 Å². The molecule has 2 fully saturated rings. The molecule has 24 heavy (non-hydrogen) atoms. The Kier molecular flexibility index (Phi) is 4.06. The second kappa shape index (κ2) is 6.51. The molecule has 0 bridgehead atoms. The Bertz CT molecular complexity index is 699. The summed E-state index contributed by atoms with van der Waals surface area (Å²) in [6.07, 6.45) is 3.11. The van der Waals surface area contributed by atoms with Crippen LogP contribution in [0.3, 0.4) is 0 Å². The number of nitrogens with one attached hydrogen (secondary N) is 1. The van der Waals surface area contributed by atoms with Gasteiger partial charge in [-0.3, -0.25) is 0 Å². The third-order valence-corrected chi connectivity index (χ3v) is 4.30. The molecular formula is C17H20N4O3. The van der Waals surface area contributed by atoms with E-state index in [1.807, 2.05) is 30.3 Å². The first kappa shape index (κ1) is 15.0. The van der Waals surface area contributed by atoms with Crippen LogP contribution in [0.4, 0.5) is 4.79 Å². The van der Waals surface area contributed by atoms with Crippen LogP contribution in [-0.2, 0) is 6.54 Å². The van der Waals surface area contributed by atoms with Crippen molar-refractivity contribution < 1.29 is 14.1 Å². The predicted octanol–water partition coefficient (Wildman–Crippen LogP) is 2.31. The van der Waals surface area contributed by atoms with Crippen LogP contribution in [0.1, 0.15) is 36.9 Å². The third-order valence-electron chi connectivity index (χ3n) is 4.30. The highest BCUT2D eigenvalue weighted by Crippen LogP contribution is 2.38. The minimum Gasteiger partial charge on any atom is -0.489 e. The molecule has 0 unspecified atom stereocenters. The summed E-state index contributed by atoms with van der Waals surface area (Å²) in [4.78, 5) is 18.3. The van der Waals surface area contributed by atoms with E-state index in [1.54, 1.807) is 4.90 Å². The van der Waals surface area contributed by atoms with Crippen molar-refractivity contribution in [3.8, 4) is 5.75 Å². The summed E-state index contributed by atoms with van der Waals surface area (Å²) < 4.78 is 11.1. The first-order chi connectivity index (χ1) is 11.8. The number of aromatic nitrogens is 2. The van der Waals surface area contributed by atoms with Crippen molar-refractivity contribution >= 4 is 6.03 Å². The zero-order valence-electron chi connectivity index (χ0n) is 13.4. The van der Waals surface area contributed by atoms with Crippen LogP contribution >= 0.6 is 0 Å². The molecule has 2 amide bonds. The zero-order chi connectivity index (χ0) is 16.4. The molecule has 1 aliphatic carbocycles. The van der Waals surface area contributed by atoms with Crippen LogP contribution in [0.15, 0.2) is 34.9 Å². The van der Waals surface area contributed by atoms with Gasteiger partial charge in [-0.05, 0) is 25.0 Å². The molecular weight excluding hydrogens is 308 g/mol. The lowest BCUT2D eigenvalue weighted by atomic mass is 10.3. The molecule has 7 nitrogen and oxygen atoms in total. The molecule has 1 atom stereocenters. The quantitative estimate of drug-likeness (QED) is 0.911. The number of amides is 2. The fraction of sp³-hybridized carbons (Fsp3) is 0.471. The molecule has 7 heteroatoms. The van der Waals surface area contributed by atoms with Crippen molar-refractivity contribution in [1.82, 2.24) is 20.4 Å². The highest BCUT2D eigenvalue weighted by molar-refractivity contribution is 5.74. The number of nitrogens with zero attached hydrogens (tertiary/aromatic N) is 3. The molecule has 2 aliphatic rings. The second-order valence-corrected chi connectivity index (χ2v) is 6.27. The summed E-state index contributed by atoms with van der Waals surface area (Å²) in [6.45, 7) is 1.53. The van der Waals surface area contributed by atoms with E-state index in [-0.39, 0.29) is 18.7 Å². The summed E-state index contributed by atoms with van der Waals surface area (Å²) in [6, 6.07) is 9.56. The number of carbonyl (C=O) groups excluding carboxylic acids is 1. The van der Waals surface area contributed by atoms with Gasteiger partial charge in [0.2, 0.25) is 5.89 Å². The maximum absolute atomic E-state index is 12.2. The van der Waals surface area contributed by atoms with Crippen molar-refractivity contribution in [3.05, 3.63) is 42.0 Å². The van der Waals surface area contributed by atoms with E-state index in [4.69, 9.17) is 9.26 Å². The Labute approximate surface area is 140 Å². The number of hydrogen-bond donors (Lipinski definition) is 1. The van der Waals surface area contributed by atoms with E-state index in [2.05, 4.69) is 15.5 Å². The Hall–Kier alpha value is -2.57. The molecule has 1 N–H and O–H groups in total. The van der Waals surface area contributed by atoms with Gasteiger partial charge in [-0.25, -0.2) is 4.79 Å². The van der Waals surface area contributed by atoms with E-state index in [1.165, 1.54) is 0 Å². The van der Waals surface area contributed by atoms with E-state index >= 15 is 0 Å². The Balaban J connectivity index is 1.24. The van der Waals surface area contributed by atoms with Gasteiger partial charge in [-0.15, -0.1) is 0 Å². The Morgan fingerprint density at radius 3 is 2.92 bits per heavy atom. The van der Waals surface area contributed by atoms with Crippen LogP contribution in [0.2, 0.25) is 0 Å². The molecule has 1 aliphatic heterocycles. The minimum atomic E-state index is -0.125. The Morgan fingerprint density at radius 2 is 2.12 bits per heavy atom. The smallest absolute Gasteiger partial charge is 0.317 e. The number of likely N-dealkylation sites (tertiary alicyclic amines) is 1. The summed E-state index contributed by atoms with van der Waals surface area (Å²) >= 11 is 0. The van der Waals surface area contributed by atoms with Gasteiger partial charge in [0.1, 0.15) is 11.9 Å². The highest BCUT2D eigenvalue weighted by Gasteiger charge is 2.30. The zero-order valence-corrected chi connectivity index (χ0v) is 13.4. The fourth-order valence-electron chi connectivity index (χ4n) is 2.81. The SMILES string of the molecule is O=C(NCc1nc(C2CC2)no1)N1CC[C@H](Oc2ccccc2)C1. The van der Waals surface area contributed by atoms with Crippen molar-refractivity contribution in [2.45, 2.75) is 37.8 Å². The number of para-hydroxylation sites is 1. The molecule has 0 spiro atoms. The molecule has 1 aromatic carbocycles. The monoisotopic (exact) mass is 328 g/mol. The number of rotatable bonds is 5. The van der Waals surface area contributed by atoms with Crippen LogP contribution < -0.4 is 10.1 Å². The summed E-state index contributed by atoms with van der Waals surface area (Å²) in [5, 5.41) is 6.77. The fourth-order valence-corrected chi connectivity index (χ4v) is 2.81. The van der Waals surface area contributed by atoms with Gasteiger partial charge in [0.05, 0.1) is 13.1 Å². The molecule has 1 saturated heterocycles. The average Bonchev–Trinajstić information content (AvgIpc) is 3.17. The van der Waals surface area contributed by atoms with Gasteiger partial charge in [0, 0.05) is 18.9 Å². The molecule has 1 aromatic heterocycles. The predicted molar refractivity (Wildman–Crippen MR) is 85.6 cm³/mol. The van der Waals surface area contributed by atoms with Gasteiger partial charge in [-0.1, -0.05) is 23.4 Å². The lowest BCUT2D eigenvalue weighted by Gasteiger charge is -2.17. The van der Waals surface area contributed by atoms with Crippen LogP contribution in [-0.4, -0.2) is 40.3 Å². The van der Waals surface area contributed by atoms with Crippen molar-refractivity contribution in [3.63, 3.8) is 0 Å². The van der Waals surface area contributed by atoms with Gasteiger partial charge < -0.3 is 19.5 Å². The second-order valence-electron chi connectivity index (χ2n) is 6.27. The maximum Gasteiger partial charge on any atom is 0.317 e. The topological polar surface area (TPSA) is 80.5 Å². The van der Waals surface area contributed by atoms with E-state index in [0.717, 1.165) is 30.8 Å². The Morgan fingerprint density at radius 1 is 1.29 bits per heavy atom. The lowest BCUT2D eigenvalue weighted by molar-refractivity contribution is 0.185. The van der Waals surface area contributed by atoms with Crippen molar-refractivity contribution in [2.75, 3.05) is 13.1 Å². The van der Waals surface area contributed by atoms with E-state index in [0.29, 0.717) is 24.9 Å². The number of urea groups is 1. The molecule has 2 heterocycles. The molecule has 4 rings (SSSR count). The van der Waals surface area contributed by atoms with Crippen LogP contribution in [0, 0.1) is 0 Å². The third kappa shape index (κ3) is 3.50. The van der Waals surface area contributed by atoms with E-state index in [9.17, 15) is 4.79 Å². The first-order valence-electron chi connectivity index (χ1n) is 8.35. The highest BCUT2D eigenvalue weighted by atomic mass is 16.5. The largest absolute Gasteiger partial charge is 0.489 e. The van der Waals surface area contributed by atoms with Gasteiger partial charge in [-0.2, -0.15) is 4.98 Å². The molecule has 1 saturated carbocycles. The van der Waals surface area contributed by atoms with Crippen LogP contribution in [0.25, 0.3) is 0 Å². The first-order valence-corrected chi connectivity index (χ1v) is 8.35. The number of carbonyl (C=O) groups is 1. The molecule has 126 valence electrons.